The van der Waals surface area contributed by atoms with Crippen LogP contribution in [0.15, 0.2) is 27.9 Å². The lowest BCUT2D eigenvalue weighted by Gasteiger charge is -2.31. The van der Waals surface area contributed by atoms with Crippen molar-refractivity contribution in [3.8, 4) is 0 Å². The van der Waals surface area contributed by atoms with E-state index in [9.17, 15) is 13.2 Å². The number of nitrogens with zero attached hydrogens (tertiary/aromatic N) is 4. The number of benzene rings is 1. The molecule has 1 aromatic carbocycles. The molecule has 1 unspecified atom stereocenters. The van der Waals surface area contributed by atoms with Crippen LogP contribution in [-0.4, -0.2) is 53.9 Å². The minimum atomic E-state index is -3.58. The lowest BCUT2D eigenvalue weighted by atomic mass is 9.92. The van der Waals surface area contributed by atoms with Crippen molar-refractivity contribution >= 4 is 10.0 Å². The van der Waals surface area contributed by atoms with Gasteiger partial charge in [-0.2, -0.15) is 9.40 Å². The third-order valence-electron chi connectivity index (χ3n) is 7.02. The molecule has 0 N–H and O–H groups in total. The van der Waals surface area contributed by atoms with Crippen LogP contribution in [0.2, 0.25) is 0 Å². The van der Waals surface area contributed by atoms with Gasteiger partial charge in [-0.15, -0.1) is 0 Å². The maximum atomic E-state index is 13.5. The van der Waals surface area contributed by atoms with Gasteiger partial charge < -0.3 is 4.74 Å². The molecule has 0 amide bonds. The van der Waals surface area contributed by atoms with E-state index in [0.717, 1.165) is 50.8 Å². The number of aromatic nitrogens is 3. The average molecular weight is 461 g/mol. The summed E-state index contributed by atoms with van der Waals surface area (Å²) in [6, 6.07) is 5.84. The first-order chi connectivity index (χ1) is 15.5. The summed E-state index contributed by atoms with van der Waals surface area (Å²) in [5.41, 5.74) is 2.35. The van der Waals surface area contributed by atoms with Gasteiger partial charge in [-0.25, -0.2) is 17.9 Å². The molecular weight excluding hydrogens is 428 g/mol. The molecule has 2 heterocycles. The van der Waals surface area contributed by atoms with Crippen LogP contribution in [0, 0.1) is 0 Å². The van der Waals surface area contributed by atoms with Gasteiger partial charge in [0.2, 0.25) is 10.0 Å². The van der Waals surface area contributed by atoms with Crippen molar-refractivity contribution in [1.29, 1.82) is 0 Å². The van der Waals surface area contributed by atoms with Gasteiger partial charge in [0.05, 0.1) is 18.0 Å². The lowest BCUT2D eigenvalue weighted by Crippen LogP contribution is -2.40. The standard InChI is InChI=1S/C23H32N4O4S/c1-31-14-13-26-23(28)27(20-9-10-20)22(24-26)19-7-4-12-25(16-19)32(29,30)21-11-8-17-5-2-3-6-18(17)15-21/h8,11,15,19-20H,2-7,9-10,12-14,16H2,1H3. The summed E-state index contributed by atoms with van der Waals surface area (Å²) in [5, 5.41) is 4.64. The number of rotatable bonds is 7. The van der Waals surface area contributed by atoms with Crippen molar-refractivity contribution < 1.29 is 13.2 Å². The van der Waals surface area contributed by atoms with Crippen LogP contribution in [0.5, 0.6) is 0 Å². The minimum absolute atomic E-state index is 0.0757. The molecule has 1 aromatic heterocycles. The molecule has 1 atom stereocenters. The van der Waals surface area contributed by atoms with E-state index in [1.165, 1.54) is 22.2 Å². The summed E-state index contributed by atoms with van der Waals surface area (Å²) in [7, 11) is -1.97. The van der Waals surface area contributed by atoms with Gasteiger partial charge >= 0.3 is 5.69 Å². The zero-order chi connectivity index (χ0) is 22.3. The molecule has 2 aliphatic carbocycles. The first-order valence-corrected chi connectivity index (χ1v) is 13.2. The second-order valence-corrected chi connectivity index (χ2v) is 11.2. The molecule has 1 saturated carbocycles. The number of sulfonamides is 1. The fraction of sp³-hybridized carbons (Fsp3) is 0.652. The molecule has 0 bridgehead atoms. The van der Waals surface area contributed by atoms with E-state index in [-0.39, 0.29) is 17.6 Å². The summed E-state index contributed by atoms with van der Waals surface area (Å²) in [4.78, 5) is 13.3. The Bertz CT molecular complexity index is 1150. The SMILES string of the molecule is COCCn1nc(C2CCCN(S(=O)(=O)c3ccc4c(c3)CCCC4)C2)n(C2CC2)c1=O. The van der Waals surface area contributed by atoms with Crippen molar-refractivity contribution in [2.75, 3.05) is 26.8 Å². The second-order valence-electron chi connectivity index (χ2n) is 9.30. The van der Waals surface area contributed by atoms with Crippen LogP contribution < -0.4 is 5.69 Å². The Labute approximate surface area is 189 Å². The molecule has 174 valence electrons. The van der Waals surface area contributed by atoms with Crippen LogP contribution in [0.4, 0.5) is 0 Å². The Morgan fingerprint density at radius 3 is 2.62 bits per heavy atom. The van der Waals surface area contributed by atoms with Gasteiger partial charge in [-0.05, 0) is 74.6 Å². The molecule has 3 aliphatic rings. The number of piperidine rings is 1. The molecule has 32 heavy (non-hydrogen) atoms. The highest BCUT2D eigenvalue weighted by molar-refractivity contribution is 7.89. The van der Waals surface area contributed by atoms with Crippen LogP contribution in [0.3, 0.4) is 0 Å². The normalized spacial score (nSPS) is 22.1. The largest absolute Gasteiger partial charge is 0.383 e. The highest BCUT2D eigenvalue weighted by Crippen LogP contribution is 2.38. The van der Waals surface area contributed by atoms with E-state index in [0.29, 0.717) is 31.1 Å². The fourth-order valence-corrected chi connectivity index (χ4v) is 6.68. The maximum absolute atomic E-state index is 13.5. The molecule has 1 aliphatic heterocycles. The van der Waals surface area contributed by atoms with Crippen LogP contribution >= 0.6 is 0 Å². The quantitative estimate of drug-likeness (QED) is 0.634. The number of fused-ring (bicyclic) bond motifs is 1. The molecule has 2 aromatic rings. The highest BCUT2D eigenvalue weighted by atomic mass is 32.2. The number of aryl methyl sites for hydroxylation is 2. The average Bonchev–Trinajstić information content (AvgIpc) is 3.60. The van der Waals surface area contributed by atoms with Gasteiger partial charge in [-0.3, -0.25) is 4.57 Å². The lowest BCUT2D eigenvalue weighted by molar-refractivity contribution is 0.182. The van der Waals surface area contributed by atoms with Crippen molar-refractivity contribution in [2.45, 2.75) is 74.8 Å². The van der Waals surface area contributed by atoms with Gasteiger partial charge in [0.25, 0.3) is 0 Å². The first kappa shape index (κ1) is 21.9. The molecular formula is C23H32N4O4S. The van der Waals surface area contributed by atoms with Gasteiger partial charge in [0, 0.05) is 32.2 Å². The van der Waals surface area contributed by atoms with Crippen LogP contribution in [-0.2, 0) is 34.1 Å². The Hall–Kier alpha value is -1.97. The van der Waals surface area contributed by atoms with Crippen LogP contribution in [0.1, 0.15) is 67.4 Å². The number of methoxy groups -OCH3 is 1. The van der Waals surface area contributed by atoms with E-state index in [2.05, 4.69) is 5.10 Å². The van der Waals surface area contributed by atoms with Crippen molar-refractivity contribution in [1.82, 2.24) is 18.7 Å². The molecule has 9 heteroatoms. The Balaban J connectivity index is 1.42. The molecule has 0 radical (unpaired) electrons. The van der Waals surface area contributed by atoms with Gasteiger partial charge in [-0.1, -0.05) is 6.07 Å². The van der Waals surface area contributed by atoms with Gasteiger partial charge in [0.1, 0.15) is 5.82 Å². The number of hydrogen-bond acceptors (Lipinski definition) is 5. The predicted octanol–water partition coefficient (Wildman–Crippen LogP) is 2.47. The van der Waals surface area contributed by atoms with Crippen LogP contribution in [0.25, 0.3) is 0 Å². The Morgan fingerprint density at radius 1 is 1.09 bits per heavy atom. The molecule has 8 nitrogen and oxygen atoms in total. The summed E-state index contributed by atoms with van der Waals surface area (Å²) >= 11 is 0. The highest BCUT2D eigenvalue weighted by Gasteiger charge is 2.37. The summed E-state index contributed by atoms with van der Waals surface area (Å²) in [5.74, 6) is 0.659. The Morgan fingerprint density at radius 2 is 1.88 bits per heavy atom. The van der Waals surface area contributed by atoms with Crippen molar-refractivity contribution in [3.05, 3.63) is 45.6 Å². The van der Waals surface area contributed by atoms with E-state index < -0.39 is 10.0 Å². The van der Waals surface area contributed by atoms with E-state index >= 15 is 0 Å². The zero-order valence-electron chi connectivity index (χ0n) is 18.7. The molecule has 2 fully saturated rings. The predicted molar refractivity (Wildman–Crippen MR) is 120 cm³/mol. The maximum Gasteiger partial charge on any atom is 0.346 e. The summed E-state index contributed by atoms with van der Waals surface area (Å²) in [6.45, 7) is 1.71. The Kier molecular flexibility index (Phi) is 5.98. The third-order valence-corrected chi connectivity index (χ3v) is 8.88. The van der Waals surface area contributed by atoms with E-state index in [1.807, 2.05) is 16.7 Å². The zero-order valence-corrected chi connectivity index (χ0v) is 19.5. The monoisotopic (exact) mass is 460 g/mol. The first-order valence-electron chi connectivity index (χ1n) is 11.8. The number of hydrogen-bond donors (Lipinski definition) is 0. The molecule has 0 spiro atoms. The second kappa shape index (κ2) is 8.76. The van der Waals surface area contributed by atoms with Crippen molar-refractivity contribution in [3.63, 3.8) is 0 Å². The smallest absolute Gasteiger partial charge is 0.346 e. The minimum Gasteiger partial charge on any atom is -0.383 e. The topological polar surface area (TPSA) is 86.4 Å². The fourth-order valence-electron chi connectivity index (χ4n) is 5.11. The third kappa shape index (κ3) is 4.06. The van der Waals surface area contributed by atoms with Crippen molar-refractivity contribution in [2.24, 2.45) is 0 Å². The van der Waals surface area contributed by atoms with Gasteiger partial charge in [0.15, 0.2) is 0 Å². The number of ether oxygens (including phenoxy) is 1. The van der Waals surface area contributed by atoms with E-state index in [1.54, 1.807) is 17.5 Å². The summed E-state index contributed by atoms with van der Waals surface area (Å²) in [6.07, 6.45) is 7.83. The summed E-state index contributed by atoms with van der Waals surface area (Å²) < 4.78 is 37.0. The van der Waals surface area contributed by atoms with E-state index in [4.69, 9.17) is 4.74 Å². The molecule has 5 rings (SSSR count). The molecule has 1 saturated heterocycles.